The number of aliphatic hydroxyl groups is 4. The number of benzene rings is 2. The topological polar surface area (TPSA) is 216 Å². The smallest absolute Gasteiger partial charge is 0.321 e. The van der Waals surface area contributed by atoms with Gasteiger partial charge in [-0.15, -0.1) is 0 Å². The third-order valence-corrected chi connectivity index (χ3v) is 5.65. The minimum atomic E-state index is -2.27. The molecule has 0 radical (unpaired) electrons. The predicted octanol–water partition coefficient (Wildman–Crippen LogP) is -2.12. The SMILES string of the molecule is N[C@H](C(=O)O)C(C(=O)[C@@H](O)[C@H](O)[C@H](O)[C@H](CO)NC(=O)[C@@H](N)Cc1ccccc1)c1ccccc1. The van der Waals surface area contributed by atoms with Crippen LogP contribution >= 0.6 is 0 Å². The van der Waals surface area contributed by atoms with Gasteiger partial charge >= 0.3 is 5.97 Å². The van der Waals surface area contributed by atoms with Crippen molar-refractivity contribution in [2.45, 2.75) is 48.8 Å². The van der Waals surface area contributed by atoms with E-state index in [1.165, 1.54) is 24.3 Å². The van der Waals surface area contributed by atoms with Gasteiger partial charge in [0.2, 0.25) is 5.91 Å². The summed E-state index contributed by atoms with van der Waals surface area (Å²) in [7, 11) is 0. The molecule has 7 atom stereocenters. The molecular weight excluding hydrogens is 458 g/mol. The van der Waals surface area contributed by atoms with E-state index in [-0.39, 0.29) is 12.0 Å². The van der Waals surface area contributed by atoms with Crippen LogP contribution in [0.2, 0.25) is 0 Å². The summed E-state index contributed by atoms with van der Waals surface area (Å²) in [5.74, 6) is -4.94. The summed E-state index contributed by atoms with van der Waals surface area (Å²) in [5, 5.41) is 52.7. The maximum atomic E-state index is 12.9. The third-order valence-electron chi connectivity index (χ3n) is 5.65. The second-order valence-corrected chi connectivity index (χ2v) is 8.17. The van der Waals surface area contributed by atoms with Crippen molar-refractivity contribution in [3.63, 3.8) is 0 Å². The highest BCUT2D eigenvalue weighted by atomic mass is 16.4. The van der Waals surface area contributed by atoms with Crippen molar-refractivity contribution in [1.82, 2.24) is 5.32 Å². The Bertz CT molecular complexity index is 975. The molecule has 0 aromatic heterocycles. The van der Waals surface area contributed by atoms with E-state index in [4.69, 9.17) is 11.5 Å². The summed E-state index contributed by atoms with van der Waals surface area (Å²) < 4.78 is 0. The van der Waals surface area contributed by atoms with Crippen LogP contribution in [-0.2, 0) is 20.8 Å². The lowest BCUT2D eigenvalue weighted by molar-refractivity contribution is -0.148. The summed E-state index contributed by atoms with van der Waals surface area (Å²) in [6.45, 7) is -0.848. The zero-order valence-electron chi connectivity index (χ0n) is 18.8. The highest BCUT2D eigenvalue weighted by Crippen LogP contribution is 2.23. The second kappa shape index (κ2) is 13.0. The van der Waals surface area contributed by atoms with E-state index in [0.717, 1.165) is 5.56 Å². The quantitative estimate of drug-likeness (QED) is 0.153. The highest BCUT2D eigenvalue weighted by Gasteiger charge is 2.42. The number of carboxylic acid groups (broad SMARTS) is 1. The molecule has 190 valence electrons. The van der Waals surface area contributed by atoms with Gasteiger partial charge in [-0.05, 0) is 17.5 Å². The standard InChI is InChI=1S/C24H31N3O8/c25-15(11-13-7-3-1-4-8-13)23(33)27-16(12-28)19(29)21(31)22(32)20(30)17(18(26)24(34)35)14-9-5-2-6-10-14/h1-10,15-19,21-22,28-29,31-32H,11-12,25-26H2,(H,27,33)(H,34,35)/t15-,16-,17?,18-,19+,21+,22+/m0/s1. The summed E-state index contributed by atoms with van der Waals surface area (Å²) in [4.78, 5) is 36.9. The van der Waals surface area contributed by atoms with E-state index in [1.807, 2.05) is 0 Å². The summed E-state index contributed by atoms with van der Waals surface area (Å²) in [6.07, 6.45) is -6.29. The van der Waals surface area contributed by atoms with Crippen LogP contribution in [0.25, 0.3) is 0 Å². The number of rotatable bonds is 13. The van der Waals surface area contributed by atoms with Gasteiger partial charge in [-0.2, -0.15) is 0 Å². The number of hydrogen-bond donors (Lipinski definition) is 8. The maximum absolute atomic E-state index is 12.9. The van der Waals surface area contributed by atoms with E-state index in [9.17, 15) is 39.9 Å². The molecule has 0 saturated carbocycles. The van der Waals surface area contributed by atoms with E-state index in [0.29, 0.717) is 0 Å². The Labute approximate surface area is 202 Å². The van der Waals surface area contributed by atoms with Crippen LogP contribution in [0, 0.1) is 0 Å². The zero-order valence-corrected chi connectivity index (χ0v) is 18.8. The van der Waals surface area contributed by atoms with Crippen molar-refractivity contribution in [2.75, 3.05) is 6.61 Å². The van der Waals surface area contributed by atoms with Crippen molar-refractivity contribution in [3.05, 3.63) is 71.8 Å². The normalized spacial score (nSPS) is 17.3. The zero-order chi connectivity index (χ0) is 26.1. The predicted molar refractivity (Wildman–Crippen MR) is 125 cm³/mol. The Morgan fingerprint density at radius 3 is 1.91 bits per heavy atom. The van der Waals surface area contributed by atoms with E-state index < -0.39 is 66.6 Å². The van der Waals surface area contributed by atoms with Crippen LogP contribution in [0.3, 0.4) is 0 Å². The van der Waals surface area contributed by atoms with Gasteiger partial charge in [-0.25, -0.2) is 0 Å². The molecule has 2 aromatic rings. The fourth-order valence-electron chi connectivity index (χ4n) is 3.62. The van der Waals surface area contributed by atoms with E-state index >= 15 is 0 Å². The molecule has 2 rings (SSSR count). The Hall–Kier alpha value is -3.19. The fourth-order valence-corrected chi connectivity index (χ4v) is 3.62. The number of aliphatic hydroxyl groups excluding tert-OH is 4. The molecule has 0 saturated heterocycles. The molecule has 0 aliphatic rings. The largest absolute Gasteiger partial charge is 0.480 e. The van der Waals surface area contributed by atoms with Crippen LogP contribution in [0.15, 0.2) is 60.7 Å². The Kier molecular flexibility index (Phi) is 10.5. The molecule has 0 spiro atoms. The van der Waals surface area contributed by atoms with Gasteiger partial charge in [0.25, 0.3) is 0 Å². The van der Waals surface area contributed by atoms with E-state index in [1.54, 1.807) is 36.4 Å². The fraction of sp³-hybridized carbons (Fsp3) is 0.375. The minimum Gasteiger partial charge on any atom is -0.480 e. The Morgan fingerprint density at radius 2 is 1.40 bits per heavy atom. The first-order chi connectivity index (χ1) is 16.6. The van der Waals surface area contributed by atoms with Gasteiger partial charge in [-0.3, -0.25) is 14.4 Å². The number of nitrogens with two attached hydrogens (primary N) is 2. The van der Waals surface area contributed by atoms with Gasteiger partial charge in [0.1, 0.15) is 24.4 Å². The highest BCUT2D eigenvalue weighted by molar-refractivity contribution is 5.95. The first-order valence-corrected chi connectivity index (χ1v) is 10.9. The minimum absolute atomic E-state index is 0.163. The lowest BCUT2D eigenvalue weighted by Crippen LogP contribution is -2.58. The van der Waals surface area contributed by atoms with Gasteiger partial charge < -0.3 is 42.3 Å². The van der Waals surface area contributed by atoms with Crippen molar-refractivity contribution in [2.24, 2.45) is 11.5 Å². The summed E-state index contributed by atoms with van der Waals surface area (Å²) >= 11 is 0. The van der Waals surface area contributed by atoms with Crippen molar-refractivity contribution >= 4 is 17.7 Å². The van der Waals surface area contributed by atoms with Gasteiger partial charge in [-0.1, -0.05) is 60.7 Å². The average molecular weight is 490 g/mol. The molecule has 1 amide bonds. The van der Waals surface area contributed by atoms with Crippen molar-refractivity contribution in [3.8, 4) is 0 Å². The van der Waals surface area contributed by atoms with Crippen molar-refractivity contribution < 1.29 is 39.9 Å². The average Bonchev–Trinajstić information content (AvgIpc) is 2.86. The van der Waals surface area contributed by atoms with Crippen LogP contribution < -0.4 is 16.8 Å². The first kappa shape index (κ1) is 28.1. The van der Waals surface area contributed by atoms with Crippen LogP contribution in [0.4, 0.5) is 0 Å². The maximum Gasteiger partial charge on any atom is 0.321 e. The molecule has 35 heavy (non-hydrogen) atoms. The van der Waals surface area contributed by atoms with Crippen molar-refractivity contribution in [1.29, 1.82) is 0 Å². The van der Waals surface area contributed by atoms with Crippen LogP contribution in [-0.4, -0.2) is 86.2 Å². The lowest BCUT2D eigenvalue weighted by atomic mass is 9.83. The molecule has 0 fully saturated rings. The molecular formula is C24H31N3O8. The number of carbonyl (C=O) groups excluding carboxylic acids is 2. The lowest BCUT2D eigenvalue weighted by Gasteiger charge is -2.31. The molecule has 0 aliphatic heterocycles. The molecule has 10 N–H and O–H groups in total. The Morgan fingerprint density at radius 1 is 0.857 bits per heavy atom. The third kappa shape index (κ3) is 7.39. The summed E-state index contributed by atoms with van der Waals surface area (Å²) in [6, 6.07) is 12.2. The first-order valence-electron chi connectivity index (χ1n) is 10.9. The van der Waals surface area contributed by atoms with Crippen LogP contribution in [0.1, 0.15) is 17.0 Å². The second-order valence-electron chi connectivity index (χ2n) is 8.17. The monoisotopic (exact) mass is 489 g/mol. The molecule has 2 aromatic carbocycles. The number of hydrogen-bond acceptors (Lipinski definition) is 9. The molecule has 1 unspecified atom stereocenters. The molecule has 0 aliphatic carbocycles. The number of nitrogens with one attached hydrogen (secondary N) is 1. The van der Waals surface area contributed by atoms with E-state index in [2.05, 4.69) is 5.32 Å². The molecule has 0 heterocycles. The number of Topliss-reactive ketones (excluding diaryl/α,β-unsaturated/α-hetero) is 1. The number of carbonyl (C=O) groups is 3. The number of aliphatic carboxylic acids is 1. The van der Waals surface area contributed by atoms with Gasteiger partial charge in [0.05, 0.1) is 24.6 Å². The summed E-state index contributed by atoms with van der Waals surface area (Å²) in [5.41, 5.74) is 12.5. The number of carboxylic acids is 1. The molecule has 0 bridgehead atoms. The van der Waals surface area contributed by atoms with Crippen LogP contribution in [0.5, 0.6) is 0 Å². The number of amides is 1. The number of ketones is 1. The van der Waals surface area contributed by atoms with Gasteiger partial charge in [0, 0.05) is 0 Å². The molecule has 11 nitrogen and oxygen atoms in total. The molecule has 11 heteroatoms. The Balaban J connectivity index is 2.12. The van der Waals surface area contributed by atoms with Gasteiger partial charge in [0.15, 0.2) is 5.78 Å².